The maximum Gasteiger partial charge on any atom is 0.337 e. The molecule has 0 fully saturated rings. The van der Waals surface area contributed by atoms with Gasteiger partial charge in [0.2, 0.25) is 5.13 Å². The molecule has 0 aliphatic heterocycles. The monoisotopic (exact) mass is 368 g/mol. The van der Waals surface area contributed by atoms with Crippen molar-refractivity contribution >= 4 is 34.5 Å². The molecule has 4 N–H and O–H groups in total. The molecule has 0 bridgehead atoms. The number of aromatic nitrogens is 1. The lowest BCUT2D eigenvalue weighted by atomic mass is 10.00. The van der Waals surface area contributed by atoms with Gasteiger partial charge in [-0.25, -0.2) is 9.78 Å². The van der Waals surface area contributed by atoms with Crippen LogP contribution in [0.25, 0.3) is 11.1 Å². The van der Waals surface area contributed by atoms with Crippen LogP contribution in [0, 0.1) is 0 Å². The van der Waals surface area contributed by atoms with Gasteiger partial charge in [-0.05, 0) is 23.8 Å². The van der Waals surface area contributed by atoms with Gasteiger partial charge in [0.25, 0.3) is 0 Å². The quantitative estimate of drug-likeness (QED) is 0.362. The molecule has 0 saturated heterocycles. The minimum absolute atomic E-state index is 0.0544. The van der Waals surface area contributed by atoms with Crippen molar-refractivity contribution in [3.8, 4) is 16.9 Å². The van der Waals surface area contributed by atoms with Crippen LogP contribution in [0.5, 0.6) is 5.75 Å². The number of methoxy groups -OCH3 is 1. The molecule has 2 aromatic carbocycles. The number of para-hydroxylation sites is 1. The van der Waals surface area contributed by atoms with E-state index in [-0.39, 0.29) is 5.75 Å². The van der Waals surface area contributed by atoms with E-state index in [1.54, 1.807) is 47.8 Å². The zero-order valence-electron chi connectivity index (χ0n) is 13.8. The van der Waals surface area contributed by atoms with Gasteiger partial charge < -0.3 is 15.6 Å². The van der Waals surface area contributed by atoms with Gasteiger partial charge in [0.05, 0.1) is 18.9 Å². The predicted octanol–water partition coefficient (Wildman–Crippen LogP) is 3.33. The Morgan fingerprint density at radius 2 is 2.15 bits per heavy atom. The van der Waals surface area contributed by atoms with Crippen LogP contribution in [0.4, 0.5) is 10.9 Å². The second-order valence-electron chi connectivity index (χ2n) is 5.26. The molecular weight excluding hydrogens is 352 g/mol. The number of ether oxygens (including phenoxy) is 1. The number of carbonyl (C=O) groups excluding carboxylic acids is 1. The van der Waals surface area contributed by atoms with E-state index in [9.17, 15) is 9.90 Å². The van der Waals surface area contributed by atoms with Crippen LogP contribution < -0.4 is 11.2 Å². The lowest BCUT2D eigenvalue weighted by Crippen LogP contribution is -2.00. The molecule has 1 aromatic heterocycles. The Balaban J connectivity index is 1.86. The molecule has 0 aliphatic rings. The number of nitrogen functional groups attached to an aromatic ring is 1. The summed E-state index contributed by atoms with van der Waals surface area (Å²) in [5.74, 6) is 0.0396. The molecule has 0 radical (unpaired) electrons. The van der Waals surface area contributed by atoms with Crippen LogP contribution in [0.1, 0.15) is 15.9 Å². The number of hydrogen-bond acceptors (Lipinski definition) is 8. The van der Waals surface area contributed by atoms with Gasteiger partial charge in [0, 0.05) is 16.5 Å². The number of phenols is 1. The summed E-state index contributed by atoms with van der Waals surface area (Å²) in [6, 6.07) is 12.1. The molecule has 1 heterocycles. The van der Waals surface area contributed by atoms with E-state index >= 15 is 0 Å². The van der Waals surface area contributed by atoms with Crippen LogP contribution in [-0.2, 0) is 4.74 Å². The number of benzene rings is 2. The summed E-state index contributed by atoms with van der Waals surface area (Å²) >= 11 is 1.33. The van der Waals surface area contributed by atoms with Crippen molar-refractivity contribution in [3.05, 3.63) is 59.0 Å². The highest BCUT2D eigenvalue weighted by Crippen LogP contribution is 2.32. The number of hydrogen-bond donors (Lipinski definition) is 3. The van der Waals surface area contributed by atoms with E-state index in [0.29, 0.717) is 33.2 Å². The van der Waals surface area contributed by atoms with Crippen LogP contribution in [-0.4, -0.2) is 29.4 Å². The number of anilines is 2. The molecule has 0 unspecified atom stereocenters. The molecular formula is C18H16N4O3S. The van der Waals surface area contributed by atoms with Crippen molar-refractivity contribution in [2.24, 2.45) is 5.10 Å². The molecule has 26 heavy (non-hydrogen) atoms. The maximum absolute atomic E-state index is 11.7. The Morgan fingerprint density at radius 1 is 1.35 bits per heavy atom. The largest absolute Gasteiger partial charge is 0.507 e. The molecule has 0 saturated carbocycles. The van der Waals surface area contributed by atoms with E-state index in [1.165, 1.54) is 24.7 Å². The lowest BCUT2D eigenvalue weighted by molar-refractivity contribution is 0.0601. The van der Waals surface area contributed by atoms with E-state index in [1.807, 2.05) is 0 Å². The number of nitrogens with two attached hydrogens (primary N) is 1. The molecule has 0 atom stereocenters. The summed E-state index contributed by atoms with van der Waals surface area (Å²) in [6.45, 7) is 0. The summed E-state index contributed by atoms with van der Waals surface area (Å²) in [7, 11) is 1.33. The van der Waals surface area contributed by atoms with E-state index in [4.69, 9.17) is 10.5 Å². The van der Waals surface area contributed by atoms with E-state index in [2.05, 4.69) is 15.5 Å². The van der Waals surface area contributed by atoms with Gasteiger partial charge in [-0.2, -0.15) is 5.10 Å². The Bertz CT molecular complexity index is 969. The number of carbonyl (C=O) groups is 1. The third-order valence-corrected chi connectivity index (χ3v) is 4.31. The third-order valence-electron chi connectivity index (χ3n) is 3.55. The second kappa shape index (κ2) is 7.66. The normalized spacial score (nSPS) is 10.8. The highest BCUT2D eigenvalue weighted by atomic mass is 32.1. The smallest absolute Gasteiger partial charge is 0.337 e. The molecule has 3 aromatic rings. The molecule has 0 spiro atoms. The Kier molecular flexibility index (Phi) is 5.14. The molecule has 8 heteroatoms. The summed E-state index contributed by atoms with van der Waals surface area (Å²) in [6.07, 6.45) is 1.49. The second-order valence-corrected chi connectivity index (χ2v) is 6.12. The number of rotatable bonds is 5. The third kappa shape index (κ3) is 3.81. The van der Waals surface area contributed by atoms with Gasteiger partial charge in [0.15, 0.2) is 0 Å². The number of esters is 1. The van der Waals surface area contributed by atoms with Gasteiger partial charge in [-0.15, -0.1) is 11.3 Å². The van der Waals surface area contributed by atoms with E-state index < -0.39 is 5.97 Å². The number of hydrazone groups is 1. The Hall–Kier alpha value is -3.39. The first kappa shape index (κ1) is 17.4. The van der Waals surface area contributed by atoms with E-state index in [0.717, 1.165) is 0 Å². The summed E-state index contributed by atoms with van der Waals surface area (Å²) in [4.78, 5) is 15.7. The highest BCUT2D eigenvalue weighted by molar-refractivity contribution is 7.14. The SMILES string of the molecule is COC(=O)c1cccc(-c2cccc(C=NNc3nc(N)cs3)c2O)c1. The van der Waals surface area contributed by atoms with Crippen LogP contribution in [0.3, 0.4) is 0 Å². The summed E-state index contributed by atoms with van der Waals surface area (Å²) < 4.78 is 4.73. The van der Waals surface area contributed by atoms with Gasteiger partial charge in [-0.1, -0.05) is 24.3 Å². The zero-order chi connectivity index (χ0) is 18.5. The number of nitrogens with one attached hydrogen (secondary N) is 1. The molecule has 7 nitrogen and oxygen atoms in total. The molecule has 0 amide bonds. The number of thiazole rings is 1. The van der Waals surface area contributed by atoms with Crippen molar-refractivity contribution in [1.29, 1.82) is 0 Å². The van der Waals surface area contributed by atoms with Gasteiger partial charge in [0.1, 0.15) is 11.6 Å². The first-order chi connectivity index (χ1) is 12.6. The van der Waals surface area contributed by atoms with Gasteiger partial charge >= 0.3 is 5.97 Å². The van der Waals surface area contributed by atoms with Crippen molar-refractivity contribution in [3.63, 3.8) is 0 Å². The molecule has 3 rings (SSSR count). The molecule has 0 aliphatic carbocycles. The molecule has 132 valence electrons. The standard InChI is InChI=1S/C18H16N4O3S/c1-25-17(24)12-5-2-4-11(8-12)14-7-3-6-13(16(14)23)9-20-22-18-21-15(19)10-26-18/h2-10,23H,19H2,1H3,(H,21,22). The number of phenolic OH excluding ortho intramolecular Hbond substituents is 1. The summed E-state index contributed by atoms with van der Waals surface area (Å²) in [5, 5.41) is 16.9. The average Bonchev–Trinajstić information content (AvgIpc) is 3.07. The van der Waals surface area contributed by atoms with Crippen molar-refractivity contribution in [1.82, 2.24) is 4.98 Å². The minimum Gasteiger partial charge on any atom is -0.507 e. The Morgan fingerprint density at radius 3 is 2.88 bits per heavy atom. The fourth-order valence-electron chi connectivity index (χ4n) is 2.32. The maximum atomic E-state index is 11.7. The van der Waals surface area contributed by atoms with Crippen molar-refractivity contribution in [2.45, 2.75) is 0 Å². The van der Waals surface area contributed by atoms with Crippen molar-refractivity contribution in [2.75, 3.05) is 18.3 Å². The highest BCUT2D eigenvalue weighted by Gasteiger charge is 2.11. The van der Waals surface area contributed by atoms with Crippen LogP contribution >= 0.6 is 11.3 Å². The number of nitrogens with zero attached hydrogens (tertiary/aromatic N) is 2. The fraction of sp³-hybridized carbons (Fsp3) is 0.0556. The first-order valence-corrected chi connectivity index (χ1v) is 8.47. The van der Waals surface area contributed by atoms with Crippen molar-refractivity contribution < 1.29 is 14.6 Å². The fourth-order valence-corrected chi connectivity index (χ4v) is 2.87. The first-order valence-electron chi connectivity index (χ1n) is 7.59. The lowest BCUT2D eigenvalue weighted by Gasteiger charge is -2.08. The van der Waals surface area contributed by atoms with Gasteiger partial charge in [-0.3, -0.25) is 5.43 Å². The predicted molar refractivity (Wildman–Crippen MR) is 103 cm³/mol. The Labute approximate surface area is 153 Å². The van der Waals surface area contributed by atoms with Crippen LogP contribution in [0.2, 0.25) is 0 Å². The summed E-state index contributed by atoms with van der Waals surface area (Å²) in [5.41, 5.74) is 10.5. The van der Waals surface area contributed by atoms with Crippen LogP contribution in [0.15, 0.2) is 52.9 Å². The zero-order valence-corrected chi connectivity index (χ0v) is 14.7. The average molecular weight is 368 g/mol. The number of aromatic hydroxyl groups is 1. The minimum atomic E-state index is -0.434. The topological polar surface area (TPSA) is 110 Å².